The number of anilines is 2. The van der Waals surface area contributed by atoms with Gasteiger partial charge in [-0.15, -0.1) is 0 Å². The number of nitrogen functional groups attached to an aromatic ring is 1. The van der Waals surface area contributed by atoms with Crippen molar-refractivity contribution in [2.24, 2.45) is 0 Å². The Bertz CT molecular complexity index is 689. The molecule has 0 fully saturated rings. The predicted molar refractivity (Wildman–Crippen MR) is 75.7 cm³/mol. The zero-order valence-corrected chi connectivity index (χ0v) is 11.7. The molecule has 0 saturated heterocycles. The molecule has 0 spiro atoms. The third-order valence-corrected chi connectivity index (χ3v) is 4.61. The maximum Gasteiger partial charge on any atom is 0.265 e. The lowest BCUT2D eigenvalue weighted by Crippen LogP contribution is -2.27. The number of benzene rings is 1. The van der Waals surface area contributed by atoms with E-state index in [4.69, 9.17) is 17.3 Å². The highest BCUT2D eigenvalue weighted by Crippen LogP contribution is 2.29. The highest BCUT2D eigenvalue weighted by atomic mass is 35.5. The molecule has 1 aromatic carbocycles. The summed E-state index contributed by atoms with van der Waals surface area (Å²) in [5, 5.41) is 0.414. The average molecular weight is 298 g/mol. The number of hydrogen-bond acceptors (Lipinski definition) is 4. The Kier molecular flexibility index (Phi) is 3.64. The van der Waals surface area contributed by atoms with Gasteiger partial charge in [0.15, 0.2) is 0 Å². The van der Waals surface area contributed by atoms with Gasteiger partial charge < -0.3 is 5.73 Å². The van der Waals surface area contributed by atoms with Crippen molar-refractivity contribution < 1.29 is 8.42 Å². The van der Waals surface area contributed by atoms with Gasteiger partial charge in [-0.25, -0.2) is 8.42 Å². The van der Waals surface area contributed by atoms with E-state index in [0.717, 1.165) is 4.31 Å². The molecule has 2 rings (SSSR count). The fourth-order valence-corrected chi connectivity index (χ4v) is 2.92. The standard InChI is InChI=1S/C12H12ClN3O2S/c1-16(12-7-9(13)4-5-11(12)14)19(17,18)10-3-2-6-15-8-10/h2-8H,14H2,1H3. The van der Waals surface area contributed by atoms with Gasteiger partial charge in [-0.3, -0.25) is 9.29 Å². The number of hydrogen-bond donors (Lipinski definition) is 1. The van der Waals surface area contributed by atoms with Crippen LogP contribution < -0.4 is 10.0 Å². The lowest BCUT2D eigenvalue weighted by atomic mass is 10.3. The van der Waals surface area contributed by atoms with Gasteiger partial charge >= 0.3 is 0 Å². The SMILES string of the molecule is CN(c1cc(Cl)ccc1N)S(=O)(=O)c1cccnc1. The van der Waals surface area contributed by atoms with Crippen molar-refractivity contribution in [2.75, 3.05) is 17.1 Å². The lowest BCUT2D eigenvalue weighted by Gasteiger charge is -2.21. The van der Waals surface area contributed by atoms with Gasteiger partial charge in [-0.1, -0.05) is 11.6 Å². The van der Waals surface area contributed by atoms with Crippen molar-refractivity contribution in [1.29, 1.82) is 0 Å². The minimum absolute atomic E-state index is 0.0943. The molecule has 1 aromatic heterocycles. The molecule has 0 aliphatic heterocycles. The van der Waals surface area contributed by atoms with Crippen LogP contribution in [0.2, 0.25) is 5.02 Å². The molecule has 0 unspecified atom stereocenters. The fraction of sp³-hybridized carbons (Fsp3) is 0.0833. The Morgan fingerprint density at radius 1 is 1.32 bits per heavy atom. The molecule has 0 saturated carbocycles. The number of pyridine rings is 1. The molecule has 0 radical (unpaired) electrons. The molecule has 0 aliphatic rings. The summed E-state index contributed by atoms with van der Waals surface area (Å²) in [7, 11) is -2.28. The first-order valence-corrected chi connectivity index (χ1v) is 7.18. The first-order valence-electron chi connectivity index (χ1n) is 5.37. The summed E-state index contributed by atoms with van der Waals surface area (Å²) in [4.78, 5) is 3.90. The van der Waals surface area contributed by atoms with Gasteiger partial charge in [0.05, 0.1) is 11.4 Å². The summed E-state index contributed by atoms with van der Waals surface area (Å²) in [6.07, 6.45) is 2.79. The maximum absolute atomic E-state index is 12.4. The maximum atomic E-state index is 12.4. The summed E-state index contributed by atoms with van der Waals surface area (Å²) >= 11 is 5.87. The second-order valence-electron chi connectivity index (χ2n) is 3.86. The van der Waals surface area contributed by atoms with E-state index in [2.05, 4.69) is 4.98 Å². The van der Waals surface area contributed by atoms with Crippen LogP contribution in [0.15, 0.2) is 47.6 Å². The van der Waals surface area contributed by atoms with Crippen LogP contribution in [-0.4, -0.2) is 20.4 Å². The Hall–Kier alpha value is -1.79. The Morgan fingerprint density at radius 3 is 2.68 bits per heavy atom. The van der Waals surface area contributed by atoms with Crippen LogP contribution in [0, 0.1) is 0 Å². The number of rotatable bonds is 3. The minimum Gasteiger partial charge on any atom is -0.397 e. The van der Waals surface area contributed by atoms with Crippen molar-refractivity contribution in [3.63, 3.8) is 0 Å². The molecule has 19 heavy (non-hydrogen) atoms. The summed E-state index contributed by atoms with van der Waals surface area (Å²) in [6, 6.07) is 7.70. The van der Waals surface area contributed by atoms with Gasteiger partial charge in [0.2, 0.25) is 0 Å². The predicted octanol–water partition coefficient (Wildman–Crippen LogP) is 2.14. The zero-order valence-electron chi connectivity index (χ0n) is 10.1. The number of aromatic nitrogens is 1. The van der Waals surface area contributed by atoms with E-state index >= 15 is 0 Å². The Labute approximate surface area is 116 Å². The highest BCUT2D eigenvalue weighted by molar-refractivity contribution is 7.92. The summed E-state index contributed by atoms with van der Waals surface area (Å²) in [6.45, 7) is 0. The number of sulfonamides is 1. The second kappa shape index (κ2) is 5.07. The molecule has 0 bridgehead atoms. The lowest BCUT2D eigenvalue weighted by molar-refractivity contribution is 0.594. The first kappa shape index (κ1) is 13.6. The molecule has 7 heteroatoms. The van der Waals surface area contributed by atoms with Gasteiger partial charge in [0.25, 0.3) is 10.0 Å². The fourth-order valence-electron chi connectivity index (χ4n) is 1.58. The normalized spacial score (nSPS) is 11.3. The van der Waals surface area contributed by atoms with Crippen LogP contribution in [-0.2, 0) is 10.0 Å². The van der Waals surface area contributed by atoms with Gasteiger partial charge in [-0.05, 0) is 30.3 Å². The average Bonchev–Trinajstić information content (AvgIpc) is 2.41. The highest BCUT2D eigenvalue weighted by Gasteiger charge is 2.23. The van der Waals surface area contributed by atoms with Crippen molar-refractivity contribution in [3.8, 4) is 0 Å². The molecule has 1 heterocycles. The molecular weight excluding hydrogens is 286 g/mol. The molecule has 2 N–H and O–H groups in total. The van der Waals surface area contributed by atoms with Crippen LogP contribution in [0.5, 0.6) is 0 Å². The second-order valence-corrected chi connectivity index (χ2v) is 6.27. The van der Waals surface area contributed by atoms with Crippen molar-refractivity contribution in [3.05, 3.63) is 47.7 Å². The monoisotopic (exact) mass is 297 g/mol. The summed E-state index contributed by atoms with van der Waals surface area (Å²) in [5.74, 6) is 0. The molecule has 2 aromatic rings. The van der Waals surface area contributed by atoms with Crippen LogP contribution in [0.25, 0.3) is 0 Å². The minimum atomic E-state index is -3.70. The van der Waals surface area contributed by atoms with Crippen LogP contribution in [0.4, 0.5) is 11.4 Å². The topological polar surface area (TPSA) is 76.3 Å². The van der Waals surface area contributed by atoms with E-state index in [9.17, 15) is 8.42 Å². The number of nitrogens with zero attached hydrogens (tertiary/aromatic N) is 2. The smallest absolute Gasteiger partial charge is 0.265 e. The molecule has 0 aliphatic carbocycles. The van der Waals surface area contributed by atoms with Crippen LogP contribution in [0.1, 0.15) is 0 Å². The molecule has 100 valence electrons. The number of halogens is 1. The van der Waals surface area contributed by atoms with E-state index in [1.54, 1.807) is 18.2 Å². The van der Waals surface area contributed by atoms with Gasteiger partial charge in [0, 0.05) is 24.5 Å². The molecule has 5 nitrogen and oxygen atoms in total. The van der Waals surface area contributed by atoms with Gasteiger partial charge in [-0.2, -0.15) is 0 Å². The first-order chi connectivity index (χ1) is 8.93. The quantitative estimate of drug-likeness (QED) is 0.881. The third kappa shape index (κ3) is 2.64. The van der Waals surface area contributed by atoms with Gasteiger partial charge in [0.1, 0.15) is 4.90 Å². The summed E-state index contributed by atoms with van der Waals surface area (Å²) in [5.41, 5.74) is 6.45. The van der Waals surface area contributed by atoms with E-state index in [0.29, 0.717) is 16.4 Å². The number of nitrogens with two attached hydrogens (primary N) is 1. The van der Waals surface area contributed by atoms with Crippen molar-refractivity contribution in [2.45, 2.75) is 4.90 Å². The van der Waals surface area contributed by atoms with E-state index in [1.165, 1.54) is 31.6 Å². The van der Waals surface area contributed by atoms with E-state index in [-0.39, 0.29) is 4.90 Å². The van der Waals surface area contributed by atoms with E-state index < -0.39 is 10.0 Å². The molecular formula is C12H12ClN3O2S. The van der Waals surface area contributed by atoms with Crippen LogP contribution in [0.3, 0.4) is 0 Å². The Morgan fingerprint density at radius 2 is 2.05 bits per heavy atom. The van der Waals surface area contributed by atoms with Crippen molar-refractivity contribution in [1.82, 2.24) is 4.98 Å². The third-order valence-electron chi connectivity index (χ3n) is 2.62. The summed E-state index contributed by atoms with van der Waals surface area (Å²) < 4.78 is 25.9. The van der Waals surface area contributed by atoms with Crippen molar-refractivity contribution >= 4 is 33.0 Å². The molecule has 0 amide bonds. The van der Waals surface area contributed by atoms with E-state index in [1.807, 2.05) is 0 Å². The largest absolute Gasteiger partial charge is 0.397 e. The Balaban J connectivity index is 2.50. The molecule has 0 atom stereocenters. The zero-order chi connectivity index (χ0) is 14.0. The van der Waals surface area contributed by atoms with Crippen LogP contribution >= 0.6 is 11.6 Å².